The minimum atomic E-state index is -0.342. The van der Waals surface area contributed by atoms with Crippen molar-refractivity contribution in [2.45, 2.75) is 24.3 Å². The summed E-state index contributed by atoms with van der Waals surface area (Å²) in [6.45, 7) is 2.21. The Bertz CT molecular complexity index is 214. The van der Waals surface area contributed by atoms with Gasteiger partial charge in [-0.1, -0.05) is 47.7 Å². The molecule has 0 unspecified atom stereocenters. The van der Waals surface area contributed by atoms with Crippen LogP contribution >= 0.6 is 9.07 Å². The van der Waals surface area contributed by atoms with Gasteiger partial charge in [0.1, 0.15) is 0 Å². The minimum absolute atomic E-state index is 0.342. The fourth-order valence-electron chi connectivity index (χ4n) is 1.34. The van der Waals surface area contributed by atoms with Gasteiger partial charge < -0.3 is 9.07 Å². The summed E-state index contributed by atoms with van der Waals surface area (Å²) in [4.78, 5) is 0. The molecule has 0 saturated carbocycles. The standard InChI is InChI=1S/C10H13.ClH.Mg/c1-3-5-10-7-4-6-9(2)8-10;;/h4,6-8H,2-3,5H2,1H3;1H;/q;;+1/p-1. The number of halogens is 1. The van der Waals surface area contributed by atoms with E-state index in [9.17, 15) is 0 Å². The van der Waals surface area contributed by atoms with Gasteiger partial charge in [0.25, 0.3) is 0 Å². The van der Waals surface area contributed by atoms with Crippen LogP contribution in [0.5, 0.6) is 0 Å². The maximum absolute atomic E-state index is 5.80. The second kappa shape index (κ2) is 5.84. The lowest BCUT2D eigenvalue weighted by Crippen LogP contribution is -1.91. The van der Waals surface area contributed by atoms with E-state index in [-0.39, 0.29) is 19.3 Å². The molecule has 1 aromatic carbocycles. The van der Waals surface area contributed by atoms with Gasteiger partial charge >= 0.3 is 19.3 Å². The van der Waals surface area contributed by atoms with E-state index in [0.29, 0.717) is 0 Å². The van der Waals surface area contributed by atoms with Crippen LogP contribution in [0.3, 0.4) is 0 Å². The Morgan fingerprint density at radius 3 is 2.75 bits per heavy atom. The fraction of sp³-hybridized carbons (Fsp3) is 0.400. The van der Waals surface area contributed by atoms with E-state index in [4.69, 9.17) is 9.07 Å². The normalized spacial score (nSPS) is 9.50. The summed E-state index contributed by atoms with van der Waals surface area (Å²) in [5.41, 5.74) is 2.87. The zero-order valence-electron chi connectivity index (χ0n) is 7.52. The molecule has 0 aliphatic rings. The summed E-state index contributed by atoms with van der Waals surface area (Å²) in [5, 5.41) is 0. The van der Waals surface area contributed by atoms with Gasteiger partial charge in [0, 0.05) is 0 Å². The van der Waals surface area contributed by atoms with Crippen molar-refractivity contribution in [2.75, 3.05) is 0 Å². The summed E-state index contributed by atoms with van der Waals surface area (Å²) in [6, 6.07) is 8.80. The lowest BCUT2D eigenvalue weighted by molar-refractivity contribution is 0.920. The molecule has 0 saturated heterocycles. The summed E-state index contributed by atoms with van der Waals surface area (Å²) in [7, 11) is 5.80. The van der Waals surface area contributed by atoms with Crippen molar-refractivity contribution in [3.8, 4) is 0 Å². The second-order valence-corrected chi connectivity index (χ2v) is 5.02. The molecule has 0 aliphatic carbocycles. The van der Waals surface area contributed by atoms with E-state index in [1.165, 1.54) is 24.0 Å². The molecule has 1 rings (SSSR count). The highest BCUT2D eigenvalue weighted by Gasteiger charge is 1.96. The number of hydrogen-bond acceptors (Lipinski definition) is 0. The van der Waals surface area contributed by atoms with E-state index in [2.05, 4.69) is 31.2 Å². The zero-order valence-corrected chi connectivity index (χ0v) is 9.69. The van der Waals surface area contributed by atoms with Gasteiger partial charge in [0.05, 0.1) is 0 Å². The summed E-state index contributed by atoms with van der Waals surface area (Å²) in [5.74, 6) is 0. The van der Waals surface area contributed by atoms with Gasteiger partial charge in [-0.15, -0.1) is 0 Å². The lowest BCUT2D eigenvalue weighted by Gasteiger charge is -2.01. The van der Waals surface area contributed by atoms with Crippen LogP contribution in [0, 0.1) is 0 Å². The Morgan fingerprint density at radius 1 is 1.33 bits per heavy atom. The van der Waals surface area contributed by atoms with Crippen LogP contribution in [0.1, 0.15) is 24.5 Å². The summed E-state index contributed by atoms with van der Waals surface area (Å²) >= 11 is -0.342. The molecule has 0 spiro atoms. The largest absolute Gasteiger partial charge is 0.505 e. The third-order valence-corrected chi connectivity index (χ3v) is 3.25. The molecule has 0 amide bonds. The topological polar surface area (TPSA) is 0 Å². The first-order valence-corrected chi connectivity index (χ1v) is 7.64. The lowest BCUT2D eigenvalue weighted by atomic mass is 10.1. The first-order chi connectivity index (χ1) is 5.86. The zero-order chi connectivity index (χ0) is 8.81. The predicted octanol–water partition coefficient (Wildman–Crippen LogP) is 3.00. The molecule has 0 heterocycles. The molecular weight excluding hydrogens is 180 g/mol. The summed E-state index contributed by atoms with van der Waals surface area (Å²) < 4.78 is 1.12. The third-order valence-electron chi connectivity index (χ3n) is 1.91. The van der Waals surface area contributed by atoms with Crippen molar-refractivity contribution < 1.29 is 0 Å². The van der Waals surface area contributed by atoms with Gasteiger partial charge in [-0.3, -0.25) is 0 Å². The molecule has 12 heavy (non-hydrogen) atoms. The highest BCUT2D eigenvalue weighted by atomic mass is 35.5. The van der Waals surface area contributed by atoms with Crippen LogP contribution in [0.4, 0.5) is 0 Å². The molecule has 0 nitrogen and oxygen atoms in total. The van der Waals surface area contributed by atoms with Crippen LogP contribution in [-0.4, -0.2) is 19.3 Å². The average molecular weight is 193 g/mol. The monoisotopic (exact) mass is 192 g/mol. The molecule has 0 radical (unpaired) electrons. The van der Waals surface area contributed by atoms with E-state index in [1.54, 1.807) is 0 Å². The van der Waals surface area contributed by atoms with Crippen LogP contribution < -0.4 is 0 Å². The second-order valence-electron chi connectivity index (χ2n) is 3.01. The SMILES string of the molecule is CCCc1cccc([CH2][Mg][Cl])c1. The van der Waals surface area contributed by atoms with Gasteiger partial charge in [0.15, 0.2) is 0 Å². The molecule has 0 atom stereocenters. The first-order valence-electron chi connectivity index (χ1n) is 4.50. The maximum atomic E-state index is 5.80. The van der Waals surface area contributed by atoms with Crippen LogP contribution in [0.2, 0.25) is 0 Å². The van der Waals surface area contributed by atoms with E-state index < -0.39 is 0 Å². The fourth-order valence-corrected chi connectivity index (χ4v) is 2.52. The van der Waals surface area contributed by atoms with Crippen molar-refractivity contribution in [2.24, 2.45) is 0 Å². The molecule has 0 aliphatic heterocycles. The average Bonchev–Trinajstić information content (AvgIpc) is 2.06. The van der Waals surface area contributed by atoms with E-state index in [1.807, 2.05) is 0 Å². The minimum Gasteiger partial charge on any atom is -0.345 e. The van der Waals surface area contributed by atoms with Crippen LogP contribution in [-0.2, 0) is 11.0 Å². The highest BCUT2D eigenvalue weighted by Crippen LogP contribution is 2.07. The Balaban J connectivity index is 2.67. The number of benzene rings is 1. The molecule has 62 valence electrons. The Kier molecular flexibility index (Phi) is 5.04. The predicted molar refractivity (Wildman–Crippen MR) is 55.7 cm³/mol. The Labute approximate surface area is 87.8 Å². The number of hydrogen-bond donors (Lipinski definition) is 0. The van der Waals surface area contributed by atoms with Gasteiger partial charge in [-0.2, -0.15) is 0 Å². The van der Waals surface area contributed by atoms with Gasteiger partial charge in [-0.25, -0.2) is 0 Å². The quantitative estimate of drug-likeness (QED) is 0.644. The molecule has 0 N–H and O–H groups in total. The van der Waals surface area contributed by atoms with Crippen molar-refractivity contribution >= 4 is 28.3 Å². The number of rotatable bonds is 4. The van der Waals surface area contributed by atoms with Gasteiger partial charge in [-0.05, 0) is 12.0 Å². The van der Waals surface area contributed by atoms with Crippen LogP contribution in [0.15, 0.2) is 24.3 Å². The number of aryl methyl sites for hydroxylation is 1. The smallest absolute Gasteiger partial charge is 0.345 e. The third kappa shape index (κ3) is 3.34. The molecule has 0 aromatic heterocycles. The van der Waals surface area contributed by atoms with Crippen molar-refractivity contribution in [1.82, 2.24) is 0 Å². The van der Waals surface area contributed by atoms with Crippen LogP contribution in [0.25, 0.3) is 0 Å². The maximum Gasteiger partial charge on any atom is 0.505 e. The highest BCUT2D eigenvalue weighted by molar-refractivity contribution is 6.93. The van der Waals surface area contributed by atoms with E-state index >= 15 is 0 Å². The first kappa shape index (κ1) is 10.4. The molecule has 2 heteroatoms. The van der Waals surface area contributed by atoms with Crippen molar-refractivity contribution in [1.29, 1.82) is 0 Å². The molecule has 0 fully saturated rings. The van der Waals surface area contributed by atoms with Crippen molar-refractivity contribution in [3.63, 3.8) is 0 Å². The summed E-state index contributed by atoms with van der Waals surface area (Å²) in [6.07, 6.45) is 2.42. The van der Waals surface area contributed by atoms with Crippen molar-refractivity contribution in [3.05, 3.63) is 35.4 Å². The van der Waals surface area contributed by atoms with Gasteiger partial charge in [0.2, 0.25) is 0 Å². The Morgan fingerprint density at radius 2 is 2.08 bits per heavy atom. The molecule has 0 bridgehead atoms. The van der Waals surface area contributed by atoms with E-state index in [0.717, 1.165) is 4.55 Å². The molecular formula is C10H13ClMg. The molecule has 1 aromatic rings. The Hall–Kier alpha value is 0.276.